The van der Waals surface area contributed by atoms with Crippen LogP contribution in [0.15, 0.2) is 75.0 Å². The van der Waals surface area contributed by atoms with E-state index in [9.17, 15) is 4.79 Å². The molecule has 0 bridgehead atoms. The molecule has 160 valence electrons. The van der Waals surface area contributed by atoms with Gasteiger partial charge in [0.2, 0.25) is 0 Å². The van der Waals surface area contributed by atoms with Gasteiger partial charge in [0, 0.05) is 18.7 Å². The van der Waals surface area contributed by atoms with Crippen molar-refractivity contribution in [2.24, 2.45) is 4.99 Å². The molecule has 0 saturated carbocycles. The van der Waals surface area contributed by atoms with Gasteiger partial charge in [0.15, 0.2) is 5.17 Å². The summed E-state index contributed by atoms with van der Waals surface area (Å²) >= 11 is 1.34. The predicted molar refractivity (Wildman–Crippen MR) is 129 cm³/mol. The number of furan rings is 1. The second-order valence-electron chi connectivity index (χ2n) is 6.64. The van der Waals surface area contributed by atoms with E-state index in [2.05, 4.69) is 4.99 Å². The molecule has 6 heteroatoms. The van der Waals surface area contributed by atoms with Gasteiger partial charge in [-0.15, -0.1) is 0 Å². The van der Waals surface area contributed by atoms with Crippen LogP contribution >= 0.6 is 11.8 Å². The van der Waals surface area contributed by atoms with Crippen LogP contribution < -0.4 is 4.74 Å². The van der Waals surface area contributed by atoms with Gasteiger partial charge in [0.25, 0.3) is 5.91 Å². The number of thioether (sulfide) groups is 1. The van der Waals surface area contributed by atoms with Gasteiger partial charge in [-0.3, -0.25) is 9.69 Å². The van der Waals surface area contributed by atoms with E-state index in [0.717, 1.165) is 17.0 Å². The number of carbonyl (C=O) groups is 1. The molecule has 1 aliphatic rings. The Kier molecular flexibility index (Phi) is 7.36. The molecule has 1 amide bonds. The first-order chi connectivity index (χ1) is 15.0. The fourth-order valence-corrected chi connectivity index (χ4v) is 3.84. The molecule has 1 aromatic heterocycles. The standard InChI is InChI=1S/C23H20N2O3S.C2H6/c1-15-7-9-17(10-8-15)24-23-25(2)22(26)21(29-23)14-19-11-12-20(28-19)16-5-4-6-18(13-16)27-3;1-2/h4-14H,1-3H3;1-2H3/b21-14-,24-23?;. The van der Waals surface area contributed by atoms with E-state index in [1.165, 1.54) is 17.3 Å². The second kappa shape index (κ2) is 10.2. The van der Waals surface area contributed by atoms with Gasteiger partial charge in [-0.2, -0.15) is 0 Å². The summed E-state index contributed by atoms with van der Waals surface area (Å²) in [4.78, 5) is 19.3. The Morgan fingerprint density at radius 1 is 1.06 bits per heavy atom. The highest BCUT2D eigenvalue weighted by Crippen LogP contribution is 2.34. The van der Waals surface area contributed by atoms with E-state index < -0.39 is 0 Å². The van der Waals surface area contributed by atoms with E-state index in [4.69, 9.17) is 9.15 Å². The van der Waals surface area contributed by atoms with Crippen molar-refractivity contribution in [1.29, 1.82) is 0 Å². The summed E-state index contributed by atoms with van der Waals surface area (Å²) in [6, 6.07) is 19.3. The van der Waals surface area contributed by atoms with Crippen molar-refractivity contribution in [3.63, 3.8) is 0 Å². The molecule has 2 heterocycles. The number of nitrogens with zero attached hydrogens (tertiary/aromatic N) is 2. The minimum Gasteiger partial charge on any atom is -0.497 e. The largest absolute Gasteiger partial charge is 0.497 e. The van der Waals surface area contributed by atoms with Crippen molar-refractivity contribution >= 4 is 34.6 Å². The minimum absolute atomic E-state index is 0.0970. The molecule has 0 aliphatic carbocycles. The molecule has 0 radical (unpaired) electrons. The molecular weight excluding hydrogens is 408 g/mol. The Morgan fingerprint density at radius 3 is 2.52 bits per heavy atom. The van der Waals surface area contributed by atoms with Gasteiger partial charge in [-0.05, 0) is 55.1 Å². The molecule has 4 rings (SSSR count). The average Bonchev–Trinajstić information content (AvgIpc) is 3.37. The number of ether oxygens (including phenoxy) is 1. The van der Waals surface area contributed by atoms with Gasteiger partial charge in [0.1, 0.15) is 17.3 Å². The average molecular weight is 435 g/mol. The Hall–Kier alpha value is -3.25. The van der Waals surface area contributed by atoms with Crippen LogP contribution in [0.1, 0.15) is 25.2 Å². The lowest BCUT2D eigenvalue weighted by atomic mass is 10.2. The summed E-state index contributed by atoms with van der Waals surface area (Å²) in [7, 11) is 3.36. The number of amidine groups is 1. The number of hydrogen-bond acceptors (Lipinski definition) is 5. The van der Waals surface area contributed by atoms with Gasteiger partial charge in [-0.25, -0.2) is 4.99 Å². The highest BCUT2D eigenvalue weighted by molar-refractivity contribution is 8.18. The van der Waals surface area contributed by atoms with Crippen molar-refractivity contribution in [1.82, 2.24) is 4.90 Å². The number of methoxy groups -OCH3 is 1. The molecule has 31 heavy (non-hydrogen) atoms. The zero-order chi connectivity index (χ0) is 22.4. The van der Waals surface area contributed by atoms with Crippen molar-refractivity contribution < 1.29 is 13.9 Å². The lowest BCUT2D eigenvalue weighted by Crippen LogP contribution is -2.23. The van der Waals surface area contributed by atoms with Gasteiger partial charge in [0.05, 0.1) is 17.7 Å². The van der Waals surface area contributed by atoms with Crippen LogP contribution in [-0.4, -0.2) is 30.1 Å². The smallest absolute Gasteiger partial charge is 0.266 e. The fraction of sp³-hybridized carbons (Fsp3) is 0.200. The number of rotatable bonds is 4. The third kappa shape index (κ3) is 5.27. The van der Waals surface area contributed by atoms with Gasteiger partial charge in [-0.1, -0.05) is 43.7 Å². The molecule has 1 fully saturated rings. The topological polar surface area (TPSA) is 55.0 Å². The first-order valence-corrected chi connectivity index (χ1v) is 10.9. The molecule has 1 saturated heterocycles. The molecule has 3 aromatic rings. The first kappa shape index (κ1) is 22.4. The quantitative estimate of drug-likeness (QED) is 0.439. The van der Waals surface area contributed by atoms with Crippen LogP contribution in [-0.2, 0) is 4.79 Å². The minimum atomic E-state index is -0.0970. The Labute approximate surface area is 187 Å². The summed E-state index contributed by atoms with van der Waals surface area (Å²) in [5, 5.41) is 0.643. The van der Waals surface area contributed by atoms with E-state index in [0.29, 0.717) is 21.6 Å². The zero-order valence-electron chi connectivity index (χ0n) is 18.4. The van der Waals surface area contributed by atoms with Gasteiger partial charge < -0.3 is 9.15 Å². The number of carbonyl (C=O) groups excluding carboxylic acids is 1. The fourth-order valence-electron chi connectivity index (χ4n) is 2.87. The number of aryl methyl sites for hydroxylation is 1. The molecule has 0 atom stereocenters. The third-order valence-electron chi connectivity index (χ3n) is 4.52. The SMILES string of the molecule is CC.COc1cccc(-c2ccc(/C=C3\SC(=Nc4ccc(C)cc4)N(C)C3=O)o2)c1. The molecule has 5 nitrogen and oxygen atoms in total. The Bertz CT molecular complexity index is 1110. The first-order valence-electron chi connectivity index (χ1n) is 10.1. The van der Waals surface area contributed by atoms with Crippen molar-refractivity contribution in [2.45, 2.75) is 20.8 Å². The maximum absolute atomic E-state index is 12.6. The molecule has 0 spiro atoms. The highest BCUT2D eigenvalue weighted by Gasteiger charge is 2.30. The maximum Gasteiger partial charge on any atom is 0.266 e. The maximum atomic E-state index is 12.6. The second-order valence-corrected chi connectivity index (χ2v) is 7.65. The summed E-state index contributed by atoms with van der Waals surface area (Å²) < 4.78 is 11.2. The van der Waals surface area contributed by atoms with Crippen LogP contribution in [0, 0.1) is 6.92 Å². The van der Waals surface area contributed by atoms with Crippen LogP contribution in [0.4, 0.5) is 5.69 Å². The third-order valence-corrected chi connectivity index (χ3v) is 5.58. The number of hydrogen-bond donors (Lipinski definition) is 0. The van der Waals surface area contributed by atoms with Crippen LogP contribution in [0.2, 0.25) is 0 Å². The summed E-state index contributed by atoms with van der Waals surface area (Å²) in [5.41, 5.74) is 2.90. The van der Waals surface area contributed by atoms with E-state index in [-0.39, 0.29) is 5.91 Å². The zero-order valence-corrected chi connectivity index (χ0v) is 19.2. The lowest BCUT2D eigenvalue weighted by molar-refractivity contribution is -0.121. The normalized spacial score (nSPS) is 15.9. The number of aliphatic imine (C=N–C) groups is 1. The van der Waals surface area contributed by atoms with E-state index >= 15 is 0 Å². The Morgan fingerprint density at radius 2 is 1.81 bits per heavy atom. The number of likely N-dealkylation sites (N-methyl/N-ethyl adjacent to an activating group) is 1. The highest BCUT2D eigenvalue weighted by atomic mass is 32.2. The lowest BCUT2D eigenvalue weighted by Gasteiger charge is -2.07. The van der Waals surface area contributed by atoms with Crippen molar-refractivity contribution in [3.05, 3.63) is 76.9 Å². The van der Waals surface area contributed by atoms with Crippen molar-refractivity contribution in [2.75, 3.05) is 14.2 Å². The number of amides is 1. The predicted octanol–water partition coefficient (Wildman–Crippen LogP) is 6.52. The summed E-state index contributed by atoms with van der Waals surface area (Å²) in [6.45, 7) is 6.03. The molecule has 0 unspecified atom stereocenters. The van der Waals surface area contributed by atoms with Gasteiger partial charge >= 0.3 is 0 Å². The summed E-state index contributed by atoms with van der Waals surface area (Å²) in [5.74, 6) is 2.00. The Balaban J connectivity index is 0.00000132. The molecule has 1 aliphatic heterocycles. The molecule has 2 aromatic carbocycles. The van der Waals surface area contributed by atoms with Crippen LogP contribution in [0.5, 0.6) is 5.75 Å². The molecule has 0 N–H and O–H groups in total. The van der Waals surface area contributed by atoms with E-state index in [1.54, 1.807) is 25.1 Å². The van der Waals surface area contributed by atoms with Crippen LogP contribution in [0.25, 0.3) is 17.4 Å². The number of benzene rings is 2. The van der Waals surface area contributed by atoms with E-state index in [1.807, 2.05) is 81.4 Å². The van der Waals surface area contributed by atoms with Crippen LogP contribution in [0.3, 0.4) is 0 Å². The summed E-state index contributed by atoms with van der Waals surface area (Å²) in [6.07, 6.45) is 1.75. The molecular formula is C25H26N2O3S. The van der Waals surface area contributed by atoms with Crippen molar-refractivity contribution in [3.8, 4) is 17.1 Å². The monoisotopic (exact) mass is 434 g/mol.